The number of nitrogens with one attached hydrogen (secondary N) is 1. The van der Waals surface area contributed by atoms with E-state index >= 15 is 0 Å². The normalized spacial score (nSPS) is 17.7. The van der Waals surface area contributed by atoms with Crippen LogP contribution in [0.4, 0.5) is 0 Å². The summed E-state index contributed by atoms with van der Waals surface area (Å²) in [5.74, 6) is 0.539. The van der Waals surface area contributed by atoms with Gasteiger partial charge >= 0.3 is 0 Å². The van der Waals surface area contributed by atoms with Crippen molar-refractivity contribution in [3.8, 4) is 0 Å². The summed E-state index contributed by atoms with van der Waals surface area (Å²) in [4.78, 5) is 0. The van der Waals surface area contributed by atoms with Crippen molar-refractivity contribution in [2.75, 3.05) is 6.54 Å². The number of halogens is 1. The summed E-state index contributed by atoms with van der Waals surface area (Å²) in [6, 6.07) is 7.78. The van der Waals surface area contributed by atoms with Crippen LogP contribution in [-0.2, 0) is 6.54 Å². The number of aliphatic hydroxyl groups excluding tert-OH is 1. The lowest BCUT2D eigenvalue weighted by molar-refractivity contribution is 0.148. The Labute approximate surface area is 95.3 Å². The predicted octanol–water partition coefficient (Wildman–Crippen LogP) is 2.20. The minimum atomic E-state index is -0.177. The molecule has 0 amide bonds. The van der Waals surface area contributed by atoms with E-state index in [-0.39, 0.29) is 6.10 Å². The molecular formula is C12H16ClNO. The van der Waals surface area contributed by atoms with Crippen LogP contribution >= 0.6 is 11.6 Å². The molecule has 1 aromatic rings. The van der Waals surface area contributed by atoms with E-state index in [9.17, 15) is 5.11 Å². The van der Waals surface area contributed by atoms with Gasteiger partial charge in [-0.15, -0.1) is 0 Å². The molecule has 0 spiro atoms. The Morgan fingerprint density at radius 2 is 2.27 bits per heavy atom. The van der Waals surface area contributed by atoms with Gasteiger partial charge in [-0.25, -0.2) is 0 Å². The largest absolute Gasteiger partial charge is 0.392 e. The summed E-state index contributed by atoms with van der Waals surface area (Å²) >= 11 is 5.87. The Balaban J connectivity index is 1.73. The SMILES string of the molecule is OC(CNCc1cccc(Cl)c1)C1CC1. The maximum Gasteiger partial charge on any atom is 0.0692 e. The van der Waals surface area contributed by atoms with Gasteiger partial charge in [0.1, 0.15) is 0 Å². The lowest BCUT2D eigenvalue weighted by atomic mass is 10.2. The highest BCUT2D eigenvalue weighted by Crippen LogP contribution is 2.32. The molecule has 0 aliphatic heterocycles. The predicted molar refractivity (Wildman–Crippen MR) is 61.9 cm³/mol. The Hall–Kier alpha value is -0.570. The number of benzene rings is 1. The highest BCUT2D eigenvalue weighted by molar-refractivity contribution is 6.30. The quantitative estimate of drug-likeness (QED) is 0.806. The molecule has 1 unspecified atom stereocenters. The molecule has 0 saturated heterocycles. The molecule has 1 aliphatic carbocycles. The zero-order chi connectivity index (χ0) is 10.7. The van der Waals surface area contributed by atoms with Gasteiger partial charge in [0.05, 0.1) is 6.10 Å². The monoisotopic (exact) mass is 225 g/mol. The van der Waals surface area contributed by atoms with E-state index in [4.69, 9.17) is 11.6 Å². The van der Waals surface area contributed by atoms with Crippen LogP contribution in [0.1, 0.15) is 18.4 Å². The Bertz CT molecular complexity index is 325. The first kappa shape index (κ1) is 10.9. The van der Waals surface area contributed by atoms with Crippen molar-refractivity contribution >= 4 is 11.6 Å². The number of rotatable bonds is 5. The molecule has 0 heterocycles. The topological polar surface area (TPSA) is 32.3 Å². The third kappa shape index (κ3) is 3.49. The Kier molecular flexibility index (Phi) is 3.62. The van der Waals surface area contributed by atoms with Crippen LogP contribution in [0.3, 0.4) is 0 Å². The number of hydrogen-bond acceptors (Lipinski definition) is 2. The maximum absolute atomic E-state index is 9.63. The van der Waals surface area contributed by atoms with Gasteiger partial charge in [-0.3, -0.25) is 0 Å². The summed E-state index contributed by atoms with van der Waals surface area (Å²) in [7, 11) is 0. The first-order valence-corrected chi connectivity index (χ1v) is 5.77. The van der Waals surface area contributed by atoms with Crippen LogP contribution in [0, 0.1) is 5.92 Å². The maximum atomic E-state index is 9.63. The van der Waals surface area contributed by atoms with Gasteiger partial charge in [0.2, 0.25) is 0 Å². The van der Waals surface area contributed by atoms with E-state index in [0.717, 1.165) is 17.1 Å². The van der Waals surface area contributed by atoms with Crippen LogP contribution < -0.4 is 5.32 Å². The van der Waals surface area contributed by atoms with Crippen LogP contribution in [-0.4, -0.2) is 17.8 Å². The lowest BCUT2D eigenvalue weighted by Crippen LogP contribution is -2.27. The van der Waals surface area contributed by atoms with Crippen molar-refractivity contribution in [2.45, 2.75) is 25.5 Å². The van der Waals surface area contributed by atoms with Crippen LogP contribution in [0.25, 0.3) is 0 Å². The van der Waals surface area contributed by atoms with E-state index in [1.807, 2.05) is 24.3 Å². The molecule has 1 atom stereocenters. The van der Waals surface area contributed by atoms with Gasteiger partial charge in [-0.1, -0.05) is 23.7 Å². The molecule has 1 fully saturated rings. The third-order valence-electron chi connectivity index (χ3n) is 2.74. The first-order chi connectivity index (χ1) is 7.25. The van der Waals surface area contributed by atoms with Crippen molar-refractivity contribution in [1.82, 2.24) is 5.32 Å². The summed E-state index contributed by atoms with van der Waals surface area (Å²) in [6.45, 7) is 1.45. The molecule has 2 N–H and O–H groups in total. The minimum Gasteiger partial charge on any atom is -0.392 e. The molecule has 82 valence electrons. The summed E-state index contributed by atoms with van der Waals surface area (Å²) in [5.41, 5.74) is 1.16. The molecule has 1 saturated carbocycles. The van der Waals surface area contributed by atoms with Crippen LogP contribution in [0.15, 0.2) is 24.3 Å². The van der Waals surface area contributed by atoms with E-state index in [1.54, 1.807) is 0 Å². The molecule has 1 aromatic carbocycles. The fourth-order valence-corrected chi connectivity index (χ4v) is 1.87. The molecule has 0 bridgehead atoms. The second-order valence-corrected chi connectivity index (χ2v) is 4.60. The third-order valence-corrected chi connectivity index (χ3v) is 2.97. The van der Waals surface area contributed by atoms with Gasteiger partial charge in [0.25, 0.3) is 0 Å². The van der Waals surface area contributed by atoms with E-state index in [2.05, 4.69) is 5.32 Å². The highest BCUT2D eigenvalue weighted by Gasteiger charge is 2.28. The Morgan fingerprint density at radius 3 is 2.93 bits per heavy atom. The summed E-state index contributed by atoms with van der Waals surface area (Å²) in [5, 5.41) is 13.6. The van der Waals surface area contributed by atoms with E-state index in [0.29, 0.717) is 12.5 Å². The number of aliphatic hydroxyl groups is 1. The lowest BCUT2D eigenvalue weighted by Gasteiger charge is -2.10. The van der Waals surface area contributed by atoms with E-state index < -0.39 is 0 Å². The molecule has 0 aromatic heterocycles. The van der Waals surface area contributed by atoms with Crippen LogP contribution in [0.2, 0.25) is 5.02 Å². The highest BCUT2D eigenvalue weighted by atomic mass is 35.5. The van der Waals surface area contributed by atoms with Crippen molar-refractivity contribution in [2.24, 2.45) is 5.92 Å². The zero-order valence-electron chi connectivity index (χ0n) is 8.62. The average Bonchev–Trinajstić information content (AvgIpc) is 3.00. The van der Waals surface area contributed by atoms with Crippen molar-refractivity contribution in [3.05, 3.63) is 34.9 Å². The summed E-state index contributed by atoms with van der Waals surface area (Å²) in [6.07, 6.45) is 2.18. The smallest absolute Gasteiger partial charge is 0.0692 e. The minimum absolute atomic E-state index is 0.177. The van der Waals surface area contributed by atoms with Crippen molar-refractivity contribution in [3.63, 3.8) is 0 Å². The molecule has 2 rings (SSSR count). The van der Waals surface area contributed by atoms with Gasteiger partial charge in [0.15, 0.2) is 0 Å². The van der Waals surface area contributed by atoms with Gasteiger partial charge in [-0.2, -0.15) is 0 Å². The molecular weight excluding hydrogens is 210 g/mol. The van der Waals surface area contributed by atoms with Crippen LogP contribution in [0.5, 0.6) is 0 Å². The first-order valence-electron chi connectivity index (χ1n) is 5.39. The second kappa shape index (κ2) is 4.97. The molecule has 2 nitrogen and oxygen atoms in total. The molecule has 3 heteroatoms. The fourth-order valence-electron chi connectivity index (χ4n) is 1.66. The van der Waals surface area contributed by atoms with E-state index in [1.165, 1.54) is 12.8 Å². The second-order valence-electron chi connectivity index (χ2n) is 4.17. The zero-order valence-corrected chi connectivity index (χ0v) is 9.37. The van der Waals surface area contributed by atoms with Gasteiger partial charge in [0, 0.05) is 18.1 Å². The number of hydrogen-bond donors (Lipinski definition) is 2. The van der Waals surface area contributed by atoms with Crippen molar-refractivity contribution < 1.29 is 5.11 Å². The van der Waals surface area contributed by atoms with Gasteiger partial charge < -0.3 is 10.4 Å². The van der Waals surface area contributed by atoms with Gasteiger partial charge in [-0.05, 0) is 36.5 Å². The average molecular weight is 226 g/mol. The summed E-state index contributed by atoms with van der Waals surface area (Å²) < 4.78 is 0. The van der Waals surface area contributed by atoms with Crippen molar-refractivity contribution in [1.29, 1.82) is 0 Å². The fraction of sp³-hybridized carbons (Fsp3) is 0.500. The standard InChI is InChI=1S/C12H16ClNO/c13-11-3-1-2-9(6-11)7-14-8-12(15)10-4-5-10/h1-3,6,10,12,14-15H,4-5,7-8H2. The molecule has 15 heavy (non-hydrogen) atoms. The molecule has 1 aliphatic rings. The molecule has 0 radical (unpaired) electrons. The Morgan fingerprint density at radius 1 is 1.47 bits per heavy atom.